The van der Waals surface area contributed by atoms with Gasteiger partial charge in [0.1, 0.15) is 17.4 Å². The fourth-order valence-electron chi connectivity index (χ4n) is 3.56. The fraction of sp³-hybridized carbons (Fsp3) is 0.107. The molecule has 0 unspecified atom stereocenters. The second-order valence-electron chi connectivity index (χ2n) is 7.54. The molecule has 0 saturated heterocycles. The average Bonchev–Trinajstić information content (AvgIpc) is 3.27. The first-order valence-corrected chi connectivity index (χ1v) is 11.0. The zero-order valence-electron chi connectivity index (χ0n) is 18.8. The summed E-state index contributed by atoms with van der Waals surface area (Å²) in [5.74, 6) is 0.0424. The normalized spacial score (nSPS) is 11.0. The van der Waals surface area contributed by atoms with Gasteiger partial charge in [-0.3, -0.25) is 9.48 Å². The number of nitriles is 1. The van der Waals surface area contributed by atoms with Gasteiger partial charge in [0, 0.05) is 17.3 Å². The van der Waals surface area contributed by atoms with Crippen LogP contribution in [-0.4, -0.2) is 22.3 Å². The minimum absolute atomic E-state index is 0.0252. The molecule has 4 rings (SSSR count). The quantitative estimate of drug-likeness (QED) is 0.283. The Hall–Kier alpha value is -4.63. The highest BCUT2D eigenvalue weighted by Crippen LogP contribution is 2.27. The summed E-state index contributed by atoms with van der Waals surface area (Å²) < 4.78 is 7.40. The zero-order chi connectivity index (χ0) is 23.8. The maximum Gasteiger partial charge on any atom is 0.266 e. The Morgan fingerprint density at radius 2 is 1.71 bits per heavy atom. The molecular weight excluding hydrogens is 424 g/mol. The topological polar surface area (TPSA) is 79.9 Å². The molecule has 0 fully saturated rings. The van der Waals surface area contributed by atoms with Crippen molar-refractivity contribution < 1.29 is 9.53 Å². The van der Waals surface area contributed by atoms with E-state index in [1.165, 1.54) is 0 Å². The number of hydrogen-bond donors (Lipinski definition) is 1. The van der Waals surface area contributed by atoms with Crippen LogP contribution in [0.15, 0.2) is 96.7 Å². The number of nitrogens with zero attached hydrogens (tertiary/aromatic N) is 3. The van der Waals surface area contributed by atoms with Crippen molar-refractivity contribution in [2.75, 3.05) is 11.9 Å². The van der Waals surface area contributed by atoms with E-state index in [9.17, 15) is 10.1 Å². The summed E-state index contributed by atoms with van der Waals surface area (Å²) in [7, 11) is 0. The molecular formula is C28H24N4O2. The molecule has 1 aromatic heterocycles. The number of amides is 1. The molecule has 0 atom stereocenters. The summed E-state index contributed by atoms with van der Waals surface area (Å²) in [5.41, 5.74) is 3.88. The highest BCUT2D eigenvalue weighted by Gasteiger charge is 2.16. The molecule has 1 heterocycles. The van der Waals surface area contributed by atoms with Crippen LogP contribution < -0.4 is 10.1 Å². The van der Waals surface area contributed by atoms with E-state index in [0.29, 0.717) is 35.8 Å². The Kier molecular flexibility index (Phi) is 7.16. The molecule has 0 bridgehead atoms. The first kappa shape index (κ1) is 22.6. The first-order valence-electron chi connectivity index (χ1n) is 11.0. The highest BCUT2D eigenvalue weighted by atomic mass is 16.5. The number of aromatic nitrogens is 2. The van der Waals surface area contributed by atoms with E-state index in [1.54, 1.807) is 24.3 Å². The van der Waals surface area contributed by atoms with Gasteiger partial charge < -0.3 is 10.1 Å². The second-order valence-corrected chi connectivity index (χ2v) is 7.54. The van der Waals surface area contributed by atoms with Gasteiger partial charge in [0.15, 0.2) is 0 Å². The number of para-hydroxylation sites is 2. The first-order chi connectivity index (χ1) is 16.7. The van der Waals surface area contributed by atoms with E-state index in [0.717, 1.165) is 11.1 Å². The van der Waals surface area contributed by atoms with Gasteiger partial charge in [-0.2, -0.15) is 10.4 Å². The average molecular weight is 449 g/mol. The van der Waals surface area contributed by atoms with E-state index in [-0.39, 0.29) is 5.57 Å². The Morgan fingerprint density at radius 1 is 1.03 bits per heavy atom. The van der Waals surface area contributed by atoms with Crippen LogP contribution in [0.2, 0.25) is 0 Å². The molecule has 34 heavy (non-hydrogen) atoms. The summed E-state index contributed by atoms with van der Waals surface area (Å²) in [6.45, 7) is 2.91. The lowest BCUT2D eigenvalue weighted by molar-refractivity contribution is -0.112. The van der Waals surface area contributed by atoms with Gasteiger partial charge in [-0.25, -0.2) is 0 Å². The lowest BCUT2D eigenvalue weighted by Crippen LogP contribution is -2.14. The molecule has 0 spiro atoms. The van der Waals surface area contributed by atoms with Crippen LogP contribution in [0.3, 0.4) is 0 Å². The van der Waals surface area contributed by atoms with Crippen LogP contribution >= 0.6 is 0 Å². The van der Waals surface area contributed by atoms with E-state index in [2.05, 4.69) is 5.32 Å². The smallest absolute Gasteiger partial charge is 0.266 e. The van der Waals surface area contributed by atoms with E-state index >= 15 is 0 Å². The van der Waals surface area contributed by atoms with Gasteiger partial charge in [-0.1, -0.05) is 72.8 Å². The molecule has 0 radical (unpaired) electrons. The third kappa shape index (κ3) is 5.40. The van der Waals surface area contributed by atoms with Crippen molar-refractivity contribution >= 4 is 17.7 Å². The van der Waals surface area contributed by atoms with Crippen LogP contribution in [0.1, 0.15) is 18.1 Å². The summed E-state index contributed by atoms with van der Waals surface area (Å²) in [6.07, 6.45) is 3.43. The van der Waals surface area contributed by atoms with Crippen molar-refractivity contribution in [3.8, 4) is 23.1 Å². The zero-order valence-corrected chi connectivity index (χ0v) is 18.8. The Balaban J connectivity index is 1.68. The number of carbonyl (C=O) groups excluding carboxylic acids is 1. The predicted molar refractivity (Wildman–Crippen MR) is 133 cm³/mol. The molecule has 0 saturated carbocycles. The Labute approximate surface area is 198 Å². The van der Waals surface area contributed by atoms with Crippen molar-refractivity contribution in [1.29, 1.82) is 5.26 Å². The largest absolute Gasteiger partial charge is 0.492 e. The van der Waals surface area contributed by atoms with Gasteiger partial charge >= 0.3 is 0 Å². The van der Waals surface area contributed by atoms with Crippen molar-refractivity contribution in [2.24, 2.45) is 0 Å². The van der Waals surface area contributed by atoms with Gasteiger partial charge in [0.05, 0.1) is 24.5 Å². The molecule has 0 aliphatic rings. The van der Waals surface area contributed by atoms with E-state index in [1.807, 2.05) is 90.6 Å². The van der Waals surface area contributed by atoms with Crippen LogP contribution in [0.25, 0.3) is 17.3 Å². The van der Waals surface area contributed by atoms with Gasteiger partial charge in [-0.15, -0.1) is 0 Å². The van der Waals surface area contributed by atoms with Gasteiger partial charge in [-0.05, 0) is 30.7 Å². The Morgan fingerprint density at radius 3 is 2.41 bits per heavy atom. The summed E-state index contributed by atoms with van der Waals surface area (Å²) in [4.78, 5) is 13.0. The minimum atomic E-state index is -0.510. The molecule has 4 aromatic rings. The lowest BCUT2D eigenvalue weighted by Gasteiger charge is -2.10. The highest BCUT2D eigenvalue weighted by molar-refractivity contribution is 6.10. The molecule has 168 valence electrons. The molecule has 1 N–H and O–H groups in total. The lowest BCUT2D eigenvalue weighted by atomic mass is 10.1. The van der Waals surface area contributed by atoms with Crippen molar-refractivity contribution in [2.45, 2.75) is 13.5 Å². The number of ether oxygens (including phenoxy) is 1. The minimum Gasteiger partial charge on any atom is -0.492 e. The maximum absolute atomic E-state index is 13.0. The third-order valence-corrected chi connectivity index (χ3v) is 5.12. The van der Waals surface area contributed by atoms with Gasteiger partial charge in [0.25, 0.3) is 5.91 Å². The number of anilines is 1. The van der Waals surface area contributed by atoms with E-state index in [4.69, 9.17) is 9.84 Å². The monoisotopic (exact) mass is 448 g/mol. The molecule has 1 amide bonds. The number of nitrogens with one attached hydrogen (secondary N) is 1. The number of hydrogen-bond acceptors (Lipinski definition) is 4. The second kappa shape index (κ2) is 10.8. The van der Waals surface area contributed by atoms with Crippen LogP contribution in [0.4, 0.5) is 5.69 Å². The molecule has 3 aromatic carbocycles. The van der Waals surface area contributed by atoms with Crippen LogP contribution in [0.5, 0.6) is 5.75 Å². The Bertz CT molecular complexity index is 1340. The summed E-state index contributed by atoms with van der Waals surface area (Å²) in [6, 6.07) is 28.9. The van der Waals surface area contributed by atoms with E-state index < -0.39 is 5.91 Å². The third-order valence-electron chi connectivity index (χ3n) is 5.12. The fourth-order valence-corrected chi connectivity index (χ4v) is 3.56. The molecule has 0 aliphatic carbocycles. The number of rotatable bonds is 8. The van der Waals surface area contributed by atoms with Crippen LogP contribution in [0, 0.1) is 11.3 Å². The molecule has 0 aliphatic heterocycles. The maximum atomic E-state index is 13.0. The standard InChI is InChI=1S/C28H24N4O2/c1-2-34-26-16-10-9-15-25(26)30-28(33)23(18-29)17-24-20-32(19-21-11-5-3-6-12-21)31-27(24)22-13-7-4-8-14-22/h3-17,20H,2,19H2,1H3,(H,30,33)/b23-17+. The predicted octanol–water partition coefficient (Wildman–Crippen LogP) is 5.54. The molecule has 6 heteroatoms. The number of carbonyl (C=O) groups is 1. The van der Waals surface area contributed by atoms with Crippen molar-refractivity contribution in [1.82, 2.24) is 9.78 Å². The SMILES string of the molecule is CCOc1ccccc1NC(=O)/C(C#N)=C/c1cn(Cc2ccccc2)nc1-c1ccccc1. The van der Waals surface area contributed by atoms with Gasteiger partial charge in [0.2, 0.25) is 0 Å². The summed E-state index contributed by atoms with van der Waals surface area (Å²) in [5, 5.41) is 17.3. The van der Waals surface area contributed by atoms with Crippen molar-refractivity contribution in [3.63, 3.8) is 0 Å². The summed E-state index contributed by atoms with van der Waals surface area (Å²) >= 11 is 0. The van der Waals surface area contributed by atoms with Crippen molar-refractivity contribution in [3.05, 3.63) is 108 Å². The van der Waals surface area contributed by atoms with Crippen LogP contribution in [-0.2, 0) is 11.3 Å². The molecule has 6 nitrogen and oxygen atoms in total. The number of benzene rings is 3.